The Labute approximate surface area is 115 Å². The number of anilines is 1. The van der Waals surface area contributed by atoms with E-state index in [4.69, 9.17) is 0 Å². The summed E-state index contributed by atoms with van der Waals surface area (Å²) in [5.74, 6) is 0.422. The van der Waals surface area contributed by atoms with Gasteiger partial charge < -0.3 is 5.32 Å². The van der Waals surface area contributed by atoms with Gasteiger partial charge in [0.05, 0.1) is 12.4 Å². The Kier molecular flexibility index (Phi) is 4.86. The molecule has 0 saturated heterocycles. The lowest BCUT2D eigenvalue weighted by atomic mass is 9.89. The number of nitrogens with zero attached hydrogens (tertiary/aromatic N) is 2. The maximum absolute atomic E-state index is 12.1. The summed E-state index contributed by atoms with van der Waals surface area (Å²) < 4.78 is 26.9. The predicted octanol–water partition coefficient (Wildman–Crippen LogP) is 1.62. The summed E-state index contributed by atoms with van der Waals surface area (Å²) in [7, 11) is -3.58. The quantitative estimate of drug-likeness (QED) is 0.859. The fourth-order valence-electron chi connectivity index (χ4n) is 1.18. The van der Waals surface area contributed by atoms with Crippen LogP contribution in [0.2, 0.25) is 0 Å². The minimum Gasteiger partial charge on any atom is -0.355 e. The van der Waals surface area contributed by atoms with Gasteiger partial charge in [0.15, 0.2) is 0 Å². The largest absolute Gasteiger partial charge is 0.355 e. The van der Waals surface area contributed by atoms with Crippen LogP contribution in [-0.4, -0.2) is 31.0 Å². The summed E-state index contributed by atoms with van der Waals surface area (Å²) in [6.07, 6.45) is 2.62. The minimum absolute atomic E-state index is 0.0743. The molecule has 0 amide bonds. The van der Waals surface area contributed by atoms with Crippen LogP contribution in [0.4, 0.5) is 5.95 Å². The SMILES string of the molecule is CCNc1ncc(S(=O)(=O)NC(C)C(C)(C)C)cn1. The first-order valence-electron chi connectivity index (χ1n) is 6.25. The van der Waals surface area contributed by atoms with Gasteiger partial charge in [-0.2, -0.15) is 0 Å². The molecule has 108 valence electrons. The van der Waals surface area contributed by atoms with Gasteiger partial charge in [-0.25, -0.2) is 23.1 Å². The molecule has 1 atom stereocenters. The predicted molar refractivity (Wildman–Crippen MR) is 75.4 cm³/mol. The molecule has 0 aliphatic heterocycles. The van der Waals surface area contributed by atoms with Crippen molar-refractivity contribution >= 4 is 16.0 Å². The van der Waals surface area contributed by atoms with Crippen molar-refractivity contribution in [1.29, 1.82) is 0 Å². The third-order valence-corrected chi connectivity index (χ3v) is 4.40. The summed E-state index contributed by atoms with van der Waals surface area (Å²) in [5, 5.41) is 2.91. The van der Waals surface area contributed by atoms with Crippen LogP contribution >= 0.6 is 0 Å². The van der Waals surface area contributed by atoms with E-state index < -0.39 is 10.0 Å². The molecule has 0 radical (unpaired) electrons. The molecule has 1 rings (SSSR count). The number of rotatable bonds is 5. The Bertz CT molecular complexity index is 506. The second-order valence-corrected chi connectivity index (χ2v) is 7.20. The zero-order valence-corrected chi connectivity index (χ0v) is 12.9. The van der Waals surface area contributed by atoms with Crippen LogP contribution in [0.15, 0.2) is 17.3 Å². The second-order valence-electron chi connectivity index (χ2n) is 5.48. The highest BCUT2D eigenvalue weighted by atomic mass is 32.2. The molecular weight excluding hydrogens is 264 g/mol. The molecule has 0 fully saturated rings. The van der Waals surface area contributed by atoms with Crippen molar-refractivity contribution in [3.63, 3.8) is 0 Å². The molecule has 0 aliphatic rings. The van der Waals surface area contributed by atoms with Crippen molar-refractivity contribution in [2.24, 2.45) is 5.41 Å². The first-order chi connectivity index (χ1) is 8.66. The van der Waals surface area contributed by atoms with Crippen molar-refractivity contribution < 1.29 is 8.42 Å². The Balaban J connectivity index is 2.89. The summed E-state index contributed by atoms with van der Waals surface area (Å²) in [6.45, 7) is 10.4. The zero-order valence-electron chi connectivity index (χ0n) is 12.1. The van der Waals surface area contributed by atoms with Gasteiger partial charge in [0.2, 0.25) is 16.0 Å². The van der Waals surface area contributed by atoms with E-state index in [0.29, 0.717) is 12.5 Å². The molecule has 6 nitrogen and oxygen atoms in total. The molecule has 7 heteroatoms. The van der Waals surface area contributed by atoms with Gasteiger partial charge in [-0.05, 0) is 19.3 Å². The first kappa shape index (κ1) is 15.8. The molecule has 0 saturated carbocycles. The van der Waals surface area contributed by atoms with E-state index in [9.17, 15) is 8.42 Å². The van der Waals surface area contributed by atoms with Gasteiger partial charge in [-0.1, -0.05) is 20.8 Å². The summed E-state index contributed by atoms with van der Waals surface area (Å²) in [4.78, 5) is 8.00. The van der Waals surface area contributed by atoms with Gasteiger partial charge in [0.25, 0.3) is 0 Å². The van der Waals surface area contributed by atoms with Crippen LogP contribution < -0.4 is 10.0 Å². The van der Waals surface area contributed by atoms with Gasteiger partial charge in [-0.15, -0.1) is 0 Å². The van der Waals surface area contributed by atoms with E-state index in [2.05, 4.69) is 20.0 Å². The molecular formula is C12H22N4O2S. The molecule has 19 heavy (non-hydrogen) atoms. The number of nitrogens with one attached hydrogen (secondary N) is 2. The topological polar surface area (TPSA) is 84.0 Å². The normalized spacial score (nSPS) is 14.2. The number of hydrogen-bond acceptors (Lipinski definition) is 5. The molecule has 0 spiro atoms. The smallest absolute Gasteiger partial charge is 0.243 e. The third-order valence-electron chi connectivity index (χ3n) is 2.90. The van der Waals surface area contributed by atoms with Crippen LogP contribution in [0.1, 0.15) is 34.6 Å². The lowest BCUT2D eigenvalue weighted by molar-refractivity contribution is 0.317. The van der Waals surface area contributed by atoms with Crippen LogP contribution in [-0.2, 0) is 10.0 Å². The van der Waals surface area contributed by atoms with Crippen LogP contribution in [0, 0.1) is 5.41 Å². The molecule has 0 bridgehead atoms. The molecule has 1 aromatic heterocycles. The average molecular weight is 286 g/mol. The fourth-order valence-corrected chi connectivity index (χ4v) is 2.52. The van der Waals surface area contributed by atoms with E-state index >= 15 is 0 Å². The second kappa shape index (κ2) is 5.83. The lowest BCUT2D eigenvalue weighted by Crippen LogP contribution is -2.41. The average Bonchev–Trinajstić information content (AvgIpc) is 2.28. The van der Waals surface area contributed by atoms with Gasteiger partial charge >= 0.3 is 0 Å². The Morgan fingerprint density at radius 3 is 2.21 bits per heavy atom. The van der Waals surface area contributed by atoms with E-state index in [1.165, 1.54) is 12.4 Å². The number of hydrogen-bond donors (Lipinski definition) is 2. The molecule has 0 aliphatic carbocycles. The highest BCUT2D eigenvalue weighted by Gasteiger charge is 2.26. The molecule has 0 aromatic carbocycles. The lowest BCUT2D eigenvalue weighted by Gasteiger charge is -2.27. The third kappa shape index (κ3) is 4.43. The van der Waals surface area contributed by atoms with Crippen LogP contribution in [0.5, 0.6) is 0 Å². The summed E-state index contributed by atoms with van der Waals surface area (Å²) in [5.41, 5.74) is -0.155. The zero-order chi connectivity index (χ0) is 14.7. The molecule has 1 unspecified atom stereocenters. The standard InChI is InChI=1S/C12H22N4O2S/c1-6-13-11-14-7-10(8-15-11)19(17,18)16-9(2)12(3,4)5/h7-9,16H,6H2,1-5H3,(H,13,14,15). The van der Waals surface area contributed by atoms with Crippen molar-refractivity contribution in [1.82, 2.24) is 14.7 Å². The van der Waals surface area contributed by atoms with Gasteiger partial charge in [0, 0.05) is 12.6 Å². The van der Waals surface area contributed by atoms with E-state index in [1.54, 1.807) is 0 Å². The highest BCUT2D eigenvalue weighted by Crippen LogP contribution is 2.20. The van der Waals surface area contributed by atoms with E-state index in [0.717, 1.165) is 0 Å². The number of sulfonamides is 1. The van der Waals surface area contributed by atoms with Crippen LogP contribution in [0.3, 0.4) is 0 Å². The molecule has 2 N–H and O–H groups in total. The molecule has 1 heterocycles. The molecule has 1 aromatic rings. The van der Waals surface area contributed by atoms with Gasteiger partial charge in [-0.3, -0.25) is 0 Å². The van der Waals surface area contributed by atoms with Crippen molar-refractivity contribution in [2.45, 2.75) is 45.6 Å². The van der Waals surface area contributed by atoms with E-state index in [-0.39, 0.29) is 16.4 Å². The minimum atomic E-state index is -3.58. The highest BCUT2D eigenvalue weighted by molar-refractivity contribution is 7.89. The fraction of sp³-hybridized carbons (Fsp3) is 0.667. The van der Waals surface area contributed by atoms with Crippen molar-refractivity contribution in [3.05, 3.63) is 12.4 Å². The van der Waals surface area contributed by atoms with Crippen molar-refractivity contribution in [3.8, 4) is 0 Å². The summed E-state index contributed by atoms with van der Waals surface area (Å²) in [6, 6.07) is -0.189. The van der Waals surface area contributed by atoms with Crippen molar-refractivity contribution in [2.75, 3.05) is 11.9 Å². The van der Waals surface area contributed by atoms with Gasteiger partial charge in [0.1, 0.15) is 4.90 Å². The Hall–Kier alpha value is -1.21. The Morgan fingerprint density at radius 2 is 1.79 bits per heavy atom. The number of aromatic nitrogens is 2. The van der Waals surface area contributed by atoms with Crippen LogP contribution in [0.25, 0.3) is 0 Å². The Morgan fingerprint density at radius 1 is 1.26 bits per heavy atom. The van der Waals surface area contributed by atoms with E-state index in [1.807, 2.05) is 34.6 Å². The maximum Gasteiger partial charge on any atom is 0.243 e. The first-order valence-corrected chi connectivity index (χ1v) is 7.73. The summed E-state index contributed by atoms with van der Waals surface area (Å²) >= 11 is 0. The maximum atomic E-state index is 12.1. The monoisotopic (exact) mass is 286 g/mol.